The van der Waals surface area contributed by atoms with Gasteiger partial charge in [0.1, 0.15) is 5.69 Å². The molecule has 9 heteroatoms. The van der Waals surface area contributed by atoms with Gasteiger partial charge in [0.05, 0.1) is 4.92 Å². The van der Waals surface area contributed by atoms with Crippen molar-refractivity contribution in [2.24, 2.45) is 7.05 Å². The Morgan fingerprint density at radius 2 is 2.04 bits per heavy atom. The lowest BCUT2D eigenvalue weighted by Gasteiger charge is -2.07. The fourth-order valence-corrected chi connectivity index (χ4v) is 2.38. The van der Waals surface area contributed by atoms with E-state index >= 15 is 0 Å². The summed E-state index contributed by atoms with van der Waals surface area (Å²) in [6.45, 7) is 1.84. The van der Waals surface area contributed by atoms with Gasteiger partial charge in [-0.1, -0.05) is 15.9 Å². The van der Waals surface area contributed by atoms with Crippen LogP contribution < -0.4 is 10.6 Å². The Hall–Kier alpha value is -2.42. The Labute approximate surface area is 141 Å². The third kappa shape index (κ3) is 4.28. The molecule has 2 aromatic rings. The van der Waals surface area contributed by atoms with Crippen LogP contribution in [0.4, 0.5) is 17.2 Å². The Morgan fingerprint density at radius 3 is 2.65 bits per heavy atom. The van der Waals surface area contributed by atoms with Gasteiger partial charge in [-0.15, -0.1) is 0 Å². The number of nitro groups is 1. The summed E-state index contributed by atoms with van der Waals surface area (Å²) < 4.78 is 2.33. The summed E-state index contributed by atoms with van der Waals surface area (Å²) >= 11 is 3.32. The van der Waals surface area contributed by atoms with E-state index in [4.69, 9.17) is 0 Å². The number of rotatable bonds is 6. The summed E-state index contributed by atoms with van der Waals surface area (Å²) in [5.41, 5.74) is 0.959. The van der Waals surface area contributed by atoms with Crippen molar-refractivity contribution in [1.82, 2.24) is 9.78 Å². The molecule has 1 amide bonds. The number of aryl methyl sites for hydroxylation is 2. The van der Waals surface area contributed by atoms with E-state index in [1.165, 1.54) is 4.68 Å². The number of carbonyl (C=O) groups excluding carboxylic acids is 1. The van der Waals surface area contributed by atoms with Gasteiger partial charge >= 0.3 is 5.69 Å². The minimum absolute atomic E-state index is 0.0687. The number of hydrogen-bond donors (Lipinski definition) is 2. The van der Waals surface area contributed by atoms with Crippen LogP contribution in [0, 0.1) is 17.0 Å². The molecule has 0 saturated heterocycles. The molecule has 0 unspecified atom stereocenters. The fraction of sp³-hybridized carbons (Fsp3) is 0.286. The first kappa shape index (κ1) is 16.9. The predicted octanol–water partition coefficient (Wildman–Crippen LogP) is 2.84. The van der Waals surface area contributed by atoms with E-state index in [1.807, 2.05) is 12.1 Å². The minimum atomic E-state index is -0.480. The highest BCUT2D eigenvalue weighted by molar-refractivity contribution is 9.10. The molecule has 0 spiro atoms. The lowest BCUT2D eigenvalue weighted by Crippen LogP contribution is -2.17. The largest absolute Gasteiger partial charge is 0.364 e. The maximum atomic E-state index is 11.9. The van der Waals surface area contributed by atoms with Crippen LogP contribution in [-0.4, -0.2) is 27.2 Å². The predicted molar refractivity (Wildman–Crippen MR) is 90.5 cm³/mol. The average molecular weight is 382 g/mol. The second-order valence-electron chi connectivity index (χ2n) is 4.90. The molecule has 0 aliphatic carbocycles. The minimum Gasteiger partial charge on any atom is -0.364 e. The van der Waals surface area contributed by atoms with Gasteiger partial charge in [-0.2, -0.15) is 5.10 Å². The Bertz CT molecular complexity index is 727. The van der Waals surface area contributed by atoms with Gasteiger partial charge in [-0.25, -0.2) is 4.68 Å². The molecule has 0 atom stereocenters. The zero-order valence-electron chi connectivity index (χ0n) is 12.7. The van der Waals surface area contributed by atoms with Crippen molar-refractivity contribution in [3.05, 3.63) is 44.5 Å². The molecule has 0 saturated carbocycles. The number of aromatic nitrogens is 2. The molecular weight excluding hydrogens is 366 g/mol. The van der Waals surface area contributed by atoms with Gasteiger partial charge in [-0.3, -0.25) is 14.9 Å². The lowest BCUT2D eigenvalue weighted by molar-refractivity contribution is -0.384. The Morgan fingerprint density at radius 1 is 1.39 bits per heavy atom. The van der Waals surface area contributed by atoms with Crippen LogP contribution in [0.15, 0.2) is 28.7 Å². The fourth-order valence-electron chi connectivity index (χ4n) is 2.11. The summed E-state index contributed by atoms with van der Waals surface area (Å²) in [7, 11) is 1.62. The number of nitrogens with one attached hydrogen (secondary N) is 2. The van der Waals surface area contributed by atoms with Crippen molar-refractivity contribution in [2.45, 2.75) is 13.3 Å². The summed E-state index contributed by atoms with van der Waals surface area (Å²) in [5.74, 6) is 0.116. The molecule has 2 rings (SSSR count). The van der Waals surface area contributed by atoms with E-state index < -0.39 is 4.92 Å². The van der Waals surface area contributed by atoms with Crippen LogP contribution in [-0.2, 0) is 11.8 Å². The molecule has 0 radical (unpaired) electrons. The van der Waals surface area contributed by atoms with Gasteiger partial charge in [0.15, 0.2) is 0 Å². The third-order valence-electron chi connectivity index (χ3n) is 3.15. The number of carbonyl (C=O) groups is 1. The quantitative estimate of drug-likeness (QED) is 0.591. The van der Waals surface area contributed by atoms with E-state index in [1.54, 1.807) is 26.1 Å². The number of hydrogen-bond acceptors (Lipinski definition) is 5. The van der Waals surface area contributed by atoms with Gasteiger partial charge < -0.3 is 10.6 Å². The van der Waals surface area contributed by atoms with Gasteiger partial charge in [0.2, 0.25) is 11.7 Å². The molecule has 0 aliphatic rings. The molecule has 1 heterocycles. The van der Waals surface area contributed by atoms with Crippen LogP contribution in [0.1, 0.15) is 12.1 Å². The highest BCUT2D eigenvalue weighted by Gasteiger charge is 2.23. The number of halogens is 1. The van der Waals surface area contributed by atoms with Crippen LogP contribution in [0.3, 0.4) is 0 Å². The first-order chi connectivity index (χ1) is 10.9. The summed E-state index contributed by atoms with van der Waals surface area (Å²) in [6, 6.07) is 7.22. The molecule has 0 aliphatic heterocycles. The number of nitrogens with zero attached hydrogens (tertiary/aromatic N) is 3. The number of amides is 1. The van der Waals surface area contributed by atoms with E-state index in [2.05, 4.69) is 31.7 Å². The van der Waals surface area contributed by atoms with Gasteiger partial charge in [0.25, 0.3) is 0 Å². The second-order valence-corrected chi connectivity index (χ2v) is 5.81. The van der Waals surface area contributed by atoms with Crippen molar-refractivity contribution in [2.75, 3.05) is 17.2 Å². The average Bonchev–Trinajstić information content (AvgIpc) is 2.76. The molecule has 1 aromatic carbocycles. The first-order valence-electron chi connectivity index (χ1n) is 6.85. The van der Waals surface area contributed by atoms with Crippen molar-refractivity contribution < 1.29 is 9.72 Å². The van der Waals surface area contributed by atoms with Crippen LogP contribution >= 0.6 is 15.9 Å². The molecule has 1 aromatic heterocycles. The van der Waals surface area contributed by atoms with E-state index in [9.17, 15) is 14.9 Å². The van der Waals surface area contributed by atoms with E-state index in [0.29, 0.717) is 17.2 Å². The normalized spacial score (nSPS) is 10.4. The van der Waals surface area contributed by atoms with Crippen molar-refractivity contribution in [3.63, 3.8) is 0 Å². The number of benzene rings is 1. The maximum absolute atomic E-state index is 11.9. The Balaban J connectivity index is 1.91. The lowest BCUT2D eigenvalue weighted by atomic mass is 10.3. The van der Waals surface area contributed by atoms with E-state index in [0.717, 1.165) is 4.47 Å². The van der Waals surface area contributed by atoms with Crippen molar-refractivity contribution in [1.29, 1.82) is 0 Å². The summed E-state index contributed by atoms with van der Waals surface area (Å²) in [6.07, 6.45) is 0.178. The topological polar surface area (TPSA) is 102 Å². The molecule has 8 nitrogen and oxygen atoms in total. The van der Waals surface area contributed by atoms with Crippen LogP contribution in [0.25, 0.3) is 0 Å². The van der Waals surface area contributed by atoms with Crippen LogP contribution in [0.5, 0.6) is 0 Å². The monoisotopic (exact) mass is 381 g/mol. The third-order valence-corrected chi connectivity index (χ3v) is 3.67. The molecule has 0 fully saturated rings. The summed E-state index contributed by atoms with van der Waals surface area (Å²) in [4.78, 5) is 22.4. The number of anilines is 2. The maximum Gasteiger partial charge on any atom is 0.333 e. The summed E-state index contributed by atoms with van der Waals surface area (Å²) in [5, 5.41) is 20.7. The van der Waals surface area contributed by atoms with Crippen molar-refractivity contribution in [3.8, 4) is 0 Å². The van der Waals surface area contributed by atoms with Crippen LogP contribution in [0.2, 0.25) is 0 Å². The highest BCUT2D eigenvalue weighted by atomic mass is 79.9. The molecule has 23 heavy (non-hydrogen) atoms. The molecule has 0 bridgehead atoms. The SMILES string of the molecule is Cc1nn(C)c(NCCC(=O)Nc2ccc(Br)cc2)c1[N+](=O)[O-]. The zero-order chi connectivity index (χ0) is 17.0. The smallest absolute Gasteiger partial charge is 0.333 e. The van der Waals surface area contributed by atoms with Crippen molar-refractivity contribution >= 4 is 39.0 Å². The van der Waals surface area contributed by atoms with Gasteiger partial charge in [-0.05, 0) is 31.2 Å². The van der Waals surface area contributed by atoms with E-state index in [-0.39, 0.29) is 24.6 Å². The first-order valence-corrected chi connectivity index (χ1v) is 7.65. The Kier molecular flexibility index (Phi) is 5.32. The highest BCUT2D eigenvalue weighted by Crippen LogP contribution is 2.27. The molecule has 122 valence electrons. The molecular formula is C14H16BrN5O3. The zero-order valence-corrected chi connectivity index (χ0v) is 14.3. The van der Waals surface area contributed by atoms with Gasteiger partial charge in [0, 0.05) is 30.2 Å². The second kappa shape index (κ2) is 7.23. The molecule has 2 N–H and O–H groups in total. The standard InChI is InChI=1S/C14H16BrN5O3/c1-9-13(20(22)23)14(19(2)18-9)16-8-7-12(21)17-11-5-3-10(15)4-6-11/h3-6,16H,7-8H2,1-2H3,(H,17,21).